The summed E-state index contributed by atoms with van der Waals surface area (Å²) in [5.41, 5.74) is 2.51. The van der Waals surface area contributed by atoms with Crippen molar-refractivity contribution in [3.8, 4) is 0 Å². The lowest BCUT2D eigenvalue weighted by Gasteiger charge is -2.25. The van der Waals surface area contributed by atoms with Gasteiger partial charge in [-0.2, -0.15) is 0 Å². The molecule has 0 radical (unpaired) electrons. The second-order valence-electron chi connectivity index (χ2n) is 5.25. The number of aromatic nitrogens is 2. The molecular formula is C15H17N5O2S. The van der Waals surface area contributed by atoms with Crippen molar-refractivity contribution in [2.24, 2.45) is 0 Å². The molecule has 0 saturated carbocycles. The zero-order valence-corrected chi connectivity index (χ0v) is 13.3. The van der Waals surface area contributed by atoms with Crippen LogP contribution in [0.15, 0.2) is 35.8 Å². The summed E-state index contributed by atoms with van der Waals surface area (Å²) in [6, 6.07) is 9.00. The van der Waals surface area contributed by atoms with Gasteiger partial charge in [0.1, 0.15) is 5.51 Å². The highest BCUT2D eigenvalue weighted by molar-refractivity contribution is 7.13. The minimum atomic E-state index is -0.359. The third-order valence-electron chi connectivity index (χ3n) is 3.66. The molecular weight excluding hydrogens is 314 g/mol. The number of hydrogen-bond donors (Lipinski definition) is 2. The van der Waals surface area contributed by atoms with Crippen LogP contribution in [0.3, 0.4) is 0 Å². The average molecular weight is 331 g/mol. The highest BCUT2D eigenvalue weighted by Crippen LogP contribution is 2.19. The maximum Gasteiger partial charge on any atom is 0.321 e. The van der Waals surface area contributed by atoms with Crippen molar-refractivity contribution in [1.29, 1.82) is 0 Å². The Morgan fingerprint density at radius 2 is 2.17 bits per heavy atom. The normalized spacial score (nSPS) is 15.5. The number of carbonyl (C=O) groups is 2. The van der Waals surface area contributed by atoms with E-state index in [0.29, 0.717) is 18.1 Å². The summed E-state index contributed by atoms with van der Waals surface area (Å²) in [5, 5.41) is 13.5. The summed E-state index contributed by atoms with van der Waals surface area (Å²) in [4.78, 5) is 25.8. The zero-order chi connectivity index (χ0) is 16.1. The summed E-state index contributed by atoms with van der Waals surface area (Å²) in [6.45, 7) is 1.20. The predicted octanol–water partition coefficient (Wildman–Crippen LogP) is 2.02. The Hall–Kier alpha value is -2.48. The number of rotatable bonds is 5. The molecule has 3 amide bonds. The van der Waals surface area contributed by atoms with Gasteiger partial charge in [-0.15, -0.1) is 10.2 Å². The van der Waals surface area contributed by atoms with E-state index in [1.807, 2.05) is 30.3 Å². The number of hydrogen-bond acceptors (Lipinski definition) is 5. The van der Waals surface area contributed by atoms with Crippen LogP contribution in [0.5, 0.6) is 0 Å². The molecule has 0 bridgehead atoms. The molecule has 3 rings (SSSR count). The summed E-state index contributed by atoms with van der Waals surface area (Å²) in [6.07, 6.45) is 1.45. The Labute approximate surface area is 137 Å². The molecule has 1 aromatic heterocycles. The van der Waals surface area contributed by atoms with Crippen LogP contribution in [0, 0.1) is 0 Å². The van der Waals surface area contributed by atoms with Crippen molar-refractivity contribution in [2.45, 2.75) is 18.9 Å². The van der Waals surface area contributed by atoms with Gasteiger partial charge in [-0.1, -0.05) is 41.7 Å². The number of nitrogens with zero attached hydrogens (tertiary/aromatic N) is 3. The molecule has 0 spiro atoms. The lowest BCUT2D eigenvalue weighted by atomic mass is 10.1. The van der Waals surface area contributed by atoms with E-state index in [4.69, 9.17) is 0 Å². The monoisotopic (exact) mass is 331 g/mol. The minimum Gasteiger partial charge on any atom is -0.340 e. The van der Waals surface area contributed by atoms with E-state index >= 15 is 0 Å². The number of carbonyl (C=O) groups excluding carboxylic acids is 2. The van der Waals surface area contributed by atoms with E-state index in [9.17, 15) is 9.59 Å². The molecule has 1 saturated heterocycles. The Kier molecular flexibility index (Phi) is 4.82. The summed E-state index contributed by atoms with van der Waals surface area (Å²) in [5.74, 6) is 0.136. The predicted molar refractivity (Wildman–Crippen MR) is 87.1 cm³/mol. The second kappa shape index (κ2) is 7.19. The van der Waals surface area contributed by atoms with Gasteiger partial charge in [0.2, 0.25) is 11.0 Å². The van der Waals surface area contributed by atoms with Gasteiger partial charge in [-0.3, -0.25) is 10.1 Å². The highest BCUT2D eigenvalue weighted by atomic mass is 32.1. The fourth-order valence-corrected chi connectivity index (χ4v) is 3.00. The van der Waals surface area contributed by atoms with E-state index in [2.05, 4.69) is 20.8 Å². The summed E-state index contributed by atoms with van der Waals surface area (Å²) in [7, 11) is 0. The van der Waals surface area contributed by atoms with E-state index in [1.54, 1.807) is 10.4 Å². The fourth-order valence-electron chi connectivity index (χ4n) is 2.56. The molecule has 2 aromatic rings. The van der Waals surface area contributed by atoms with Gasteiger partial charge in [0, 0.05) is 19.5 Å². The Morgan fingerprint density at radius 3 is 2.83 bits per heavy atom. The van der Waals surface area contributed by atoms with E-state index < -0.39 is 0 Å². The molecule has 120 valence electrons. The number of benzene rings is 1. The van der Waals surface area contributed by atoms with Crippen LogP contribution in [-0.2, 0) is 4.79 Å². The van der Waals surface area contributed by atoms with Crippen molar-refractivity contribution >= 4 is 28.4 Å². The van der Waals surface area contributed by atoms with Crippen LogP contribution in [0.4, 0.5) is 9.93 Å². The molecule has 0 aliphatic carbocycles. The lowest BCUT2D eigenvalue weighted by Crippen LogP contribution is -2.40. The molecule has 1 aromatic carbocycles. The van der Waals surface area contributed by atoms with Gasteiger partial charge in [-0.25, -0.2) is 4.79 Å². The quantitative estimate of drug-likeness (QED) is 0.877. The first-order valence-corrected chi connectivity index (χ1v) is 8.27. The largest absolute Gasteiger partial charge is 0.340 e. The third-order valence-corrected chi connectivity index (χ3v) is 4.27. The molecule has 8 heteroatoms. The van der Waals surface area contributed by atoms with Gasteiger partial charge in [0.25, 0.3) is 0 Å². The molecule has 7 nitrogen and oxygen atoms in total. The first-order valence-electron chi connectivity index (χ1n) is 7.39. The number of nitrogens with one attached hydrogen (secondary N) is 2. The van der Waals surface area contributed by atoms with Crippen LogP contribution in [0.25, 0.3) is 0 Å². The average Bonchev–Trinajstić information content (AvgIpc) is 3.20. The van der Waals surface area contributed by atoms with Crippen molar-refractivity contribution in [3.05, 3.63) is 41.4 Å². The SMILES string of the molecule is O=C(Nc1nncs1)NC(CN1CCCC1=O)c1ccccc1. The second-order valence-corrected chi connectivity index (χ2v) is 6.08. The van der Waals surface area contributed by atoms with Gasteiger partial charge < -0.3 is 10.2 Å². The Morgan fingerprint density at radius 1 is 1.35 bits per heavy atom. The Balaban J connectivity index is 1.69. The van der Waals surface area contributed by atoms with Crippen LogP contribution in [0.1, 0.15) is 24.4 Å². The summed E-state index contributed by atoms with van der Waals surface area (Å²) < 4.78 is 0. The molecule has 1 atom stereocenters. The molecule has 2 heterocycles. The first kappa shape index (κ1) is 15.4. The smallest absolute Gasteiger partial charge is 0.321 e. The topological polar surface area (TPSA) is 87.2 Å². The van der Waals surface area contributed by atoms with Crippen LogP contribution in [0.2, 0.25) is 0 Å². The van der Waals surface area contributed by atoms with E-state index in [1.165, 1.54) is 11.3 Å². The Bertz CT molecular complexity index is 662. The van der Waals surface area contributed by atoms with E-state index in [-0.39, 0.29) is 18.0 Å². The maximum atomic E-state index is 12.2. The maximum absolute atomic E-state index is 12.2. The molecule has 1 unspecified atom stereocenters. The molecule has 1 aliphatic rings. The van der Waals surface area contributed by atoms with Gasteiger partial charge in [-0.05, 0) is 12.0 Å². The van der Waals surface area contributed by atoms with Crippen LogP contribution in [-0.4, -0.2) is 40.1 Å². The fraction of sp³-hybridized carbons (Fsp3) is 0.333. The molecule has 1 aliphatic heterocycles. The number of amides is 3. The third kappa shape index (κ3) is 4.04. The number of urea groups is 1. The molecule has 1 fully saturated rings. The molecule has 2 N–H and O–H groups in total. The van der Waals surface area contributed by atoms with Crippen molar-refractivity contribution < 1.29 is 9.59 Å². The van der Waals surface area contributed by atoms with Crippen LogP contribution >= 0.6 is 11.3 Å². The number of anilines is 1. The highest BCUT2D eigenvalue weighted by Gasteiger charge is 2.25. The molecule has 23 heavy (non-hydrogen) atoms. The summed E-state index contributed by atoms with van der Waals surface area (Å²) >= 11 is 1.25. The standard InChI is InChI=1S/C15H17N5O2S/c21-13-7-4-8-20(13)9-12(11-5-2-1-3-6-11)17-14(22)18-15-19-16-10-23-15/h1-3,5-6,10,12H,4,7-9H2,(H2,17,18,19,22). The lowest BCUT2D eigenvalue weighted by molar-refractivity contribution is -0.128. The van der Waals surface area contributed by atoms with Crippen molar-refractivity contribution in [2.75, 3.05) is 18.4 Å². The first-order chi connectivity index (χ1) is 11.2. The van der Waals surface area contributed by atoms with Gasteiger partial charge in [0.15, 0.2) is 0 Å². The van der Waals surface area contributed by atoms with Crippen LogP contribution < -0.4 is 10.6 Å². The van der Waals surface area contributed by atoms with E-state index in [0.717, 1.165) is 18.5 Å². The van der Waals surface area contributed by atoms with Gasteiger partial charge >= 0.3 is 6.03 Å². The minimum absolute atomic E-state index is 0.136. The van der Waals surface area contributed by atoms with Crippen molar-refractivity contribution in [1.82, 2.24) is 20.4 Å². The van der Waals surface area contributed by atoms with Crippen molar-refractivity contribution in [3.63, 3.8) is 0 Å². The number of likely N-dealkylation sites (tertiary alicyclic amines) is 1. The zero-order valence-electron chi connectivity index (χ0n) is 12.4. The van der Waals surface area contributed by atoms with Gasteiger partial charge in [0.05, 0.1) is 6.04 Å².